The van der Waals surface area contributed by atoms with Crippen LogP contribution in [0.1, 0.15) is 57.9 Å². The van der Waals surface area contributed by atoms with Crippen LogP contribution in [-0.4, -0.2) is 117 Å². The first-order valence-corrected chi connectivity index (χ1v) is 18.8. The Balaban J connectivity index is 0.927. The molecule has 1 aliphatic carbocycles. The molecule has 0 radical (unpaired) electrons. The van der Waals surface area contributed by atoms with E-state index in [-0.39, 0.29) is 41.6 Å². The number of nitrogens with one attached hydrogen (secondary N) is 1. The summed E-state index contributed by atoms with van der Waals surface area (Å²) in [5, 5.41) is 14.2. The molecule has 16 heteroatoms. The smallest absolute Gasteiger partial charge is 0.388 e. The number of sulfone groups is 1. The van der Waals surface area contributed by atoms with Gasteiger partial charge in [0.1, 0.15) is 5.65 Å². The highest BCUT2D eigenvalue weighted by Gasteiger charge is 2.45. The van der Waals surface area contributed by atoms with E-state index in [1.807, 2.05) is 0 Å². The first kappa shape index (κ1) is 34.8. The quantitative estimate of drug-likeness (QED) is 0.373. The van der Waals surface area contributed by atoms with E-state index in [1.54, 1.807) is 48.0 Å². The van der Waals surface area contributed by atoms with Crippen LogP contribution in [0.2, 0.25) is 0 Å². The van der Waals surface area contributed by atoms with Gasteiger partial charge in [-0.05, 0) is 95.3 Å². The third-order valence-electron chi connectivity index (χ3n) is 11.1. The summed E-state index contributed by atoms with van der Waals surface area (Å²) in [5.74, 6) is -1.52. The van der Waals surface area contributed by atoms with Crippen LogP contribution in [0.4, 0.5) is 24.8 Å². The molecule has 4 fully saturated rings. The summed E-state index contributed by atoms with van der Waals surface area (Å²) in [7, 11) is -3.57. The Hall–Kier alpha value is -3.60. The fraction of sp³-hybridized carbons (Fsp3) is 0.588. The highest BCUT2D eigenvalue weighted by molar-refractivity contribution is 7.92. The van der Waals surface area contributed by atoms with Crippen LogP contribution >= 0.6 is 0 Å². The molecule has 4 aliphatic rings. The van der Waals surface area contributed by atoms with Gasteiger partial charge in [0, 0.05) is 61.6 Å². The average Bonchev–Trinajstić information content (AvgIpc) is 3.42. The van der Waals surface area contributed by atoms with Crippen LogP contribution in [0.3, 0.4) is 0 Å². The number of halogens is 3. The Kier molecular flexibility index (Phi) is 9.18. The van der Waals surface area contributed by atoms with Crippen molar-refractivity contribution < 1.29 is 31.5 Å². The number of aliphatic hydroxyl groups is 1. The number of nitrogens with zero attached hydrogens (tertiary/aromatic N) is 6. The predicted molar refractivity (Wildman–Crippen MR) is 180 cm³/mol. The van der Waals surface area contributed by atoms with Crippen molar-refractivity contribution in [2.45, 2.75) is 91.9 Å². The van der Waals surface area contributed by atoms with Crippen LogP contribution in [-0.2, 0) is 14.6 Å². The second-order valence-corrected chi connectivity index (χ2v) is 16.6. The minimum Gasteiger partial charge on any atom is -0.388 e. The zero-order chi connectivity index (χ0) is 35.4. The van der Waals surface area contributed by atoms with E-state index in [0.29, 0.717) is 68.3 Å². The second-order valence-electron chi connectivity index (χ2n) is 14.3. The molecular formula is C34H42F3N7O5S. The SMILES string of the molecule is C[C@@]1(O)CCC[C@H]1n1c(=O)ccc2cnc(Nc3ccc(S(=O)(=O)C4CCN(C5CN(C6CCN(C(=O)C(F)(F)F)CC6)C5)CC4)cc3)nc21. The number of rotatable bonds is 7. The number of hydrogen-bond donors (Lipinski definition) is 2. The molecule has 270 valence electrons. The number of fused-ring (bicyclic) bond motifs is 1. The Labute approximate surface area is 288 Å². The maximum Gasteiger partial charge on any atom is 0.471 e. The van der Waals surface area contributed by atoms with Gasteiger partial charge in [-0.2, -0.15) is 18.2 Å². The third kappa shape index (κ3) is 6.74. The lowest BCUT2D eigenvalue weighted by atomic mass is 9.95. The standard InChI is InChI=1S/C34H42F3N7O5S/c1-33(47)14-2-3-28(33)44-29(45)9-4-22-19-38-32(40-30(22)44)39-23-5-7-26(8-6-23)50(48,49)27-12-17-41(18-13-27)25-20-43(21-25)24-10-15-42(16-11-24)31(46)34(35,36)37/h4-9,19,24-25,27-28,47H,2-3,10-18,20-21H2,1H3,(H,38,39,40)/t28-,33-/m1/s1. The van der Waals surface area contributed by atoms with Crippen molar-refractivity contribution in [2.75, 3.05) is 44.6 Å². The summed E-state index contributed by atoms with van der Waals surface area (Å²) in [6.07, 6.45) is 0.902. The number of pyridine rings is 1. The van der Waals surface area contributed by atoms with Gasteiger partial charge < -0.3 is 15.3 Å². The molecule has 7 rings (SSSR count). The Morgan fingerprint density at radius 2 is 1.62 bits per heavy atom. The summed E-state index contributed by atoms with van der Waals surface area (Å²) < 4.78 is 67.0. The topological polar surface area (TPSA) is 141 Å². The van der Waals surface area contributed by atoms with E-state index in [2.05, 4.69) is 25.1 Å². The van der Waals surface area contributed by atoms with Gasteiger partial charge in [0.2, 0.25) is 5.95 Å². The average molecular weight is 718 g/mol. The van der Waals surface area contributed by atoms with Gasteiger partial charge in [0.25, 0.3) is 5.56 Å². The molecule has 0 unspecified atom stereocenters. The van der Waals surface area contributed by atoms with Crippen LogP contribution in [0, 0.1) is 0 Å². The van der Waals surface area contributed by atoms with Crippen LogP contribution in [0.5, 0.6) is 0 Å². The molecule has 5 heterocycles. The molecule has 12 nitrogen and oxygen atoms in total. The molecule has 2 aromatic heterocycles. The van der Waals surface area contributed by atoms with E-state index in [1.165, 1.54) is 6.07 Å². The van der Waals surface area contributed by atoms with Gasteiger partial charge in [0.05, 0.1) is 21.8 Å². The molecule has 3 aromatic rings. The summed E-state index contributed by atoms with van der Waals surface area (Å²) in [6, 6.07) is 9.66. The predicted octanol–water partition coefficient (Wildman–Crippen LogP) is 3.49. The zero-order valence-corrected chi connectivity index (χ0v) is 28.7. The maximum absolute atomic E-state index is 13.6. The first-order chi connectivity index (χ1) is 23.7. The number of piperidine rings is 2. The molecule has 0 spiro atoms. The van der Waals surface area contributed by atoms with Crippen molar-refractivity contribution >= 4 is 38.4 Å². The van der Waals surface area contributed by atoms with Gasteiger partial charge in [-0.15, -0.1) is 0 Å². The van der Waals surface area contributed by atoms with Gasteiger partial charge in [-0.3, -0.25) is 24.0 Å². The Morgan fingerprint density at radius 3 is 2.24 bits per heavy atom. The number of amides is 1. The van der Waals surface area contributed by atoms with Gasteiger partial charge in [-0.1, -0.05) is 0 Å². The minimum atomic E-state index is -4.83. The number of alkyl halides is 3. The molecular weight excluding hydrogens is 675 g/mol. The minimum absolute atomic E-state index is 0.108. The van der Waals surface area contributed by atoms with E-state index in [9.17, 15) is 36.3 Å². The molecule has 2 atom stereocenters. The molecule has 1 aromatic carbocycles. The Bertz CT molecular complexity index is 1900. The van der Waals surface area contributed by atoms with Crippen LogP contribution < -0.4 is 10.9 Å². The maximum atomic E-state index is 13.6. The van der Waals surface area contributed by atoms with Crippen molar-refractivity contribution in [3.05, 3.63) is 52.9 Å². The van der Waals surface area contributed by atoms with E-state index >= 15 is 0 Å². The number of aromatic nitrogens is 3. The number of benzene rings is 1. The number of hydrogen-bond acceptors (Lipinski definition) is 10. The number of carbonyl (C=O) groups excluding carboxylic acids is 1. The first-order valence-electron chi connectivity index (χ1n) is 17.3. The van der Waals surface area contributed by atoms with E-state index in [4.69, 9.17) is 0 Å². The lowest BCUT2D eigenvalue weighted by molar-refractivity contribution is -0.187. The van der Waals surface area contributed by atoms with E-state index < -0.39 is 38.8 Å². The fourth-order valence-electron chi connectivity index (χ4n) is 8.17. The third-order valence-corrected chi connectivity index (χ3v) is 13.4. The highest BCUT2D eigenvalue weighted by atomic mass is 32.2. The van der Waals surface area contributed by atoms with Crippen molar-refractivity contribution in [1.29, 1.82) is 0 Å². The summed E-state index contributed by atoms with van der Waals surface area (Å²) in [6.45, 7) is 4.86. The fourth-order valence-corrected chi connectivity index (χ4v) is 9.90. The normalized spacial score (nSPS) is 25.2. The van der Waals surface area contributed by atoms with Crippen molar-refractivity contribution in [3.8, 4) is 0 Å². The monoisotopic (exact) mass is 717 g/mol. The molecule has 3 aliphatic heterocycles. The van der Waals surface area contributed by atoms with Crippen LogP contribution in [0.25, 0.3) is 11.0 Å². The summed E-state index contributed by atoms with van der Waals surface area (Å²) >= 11 is 0. The van der Waals surface area contributed by atoms with Crippen molar-refractivity contribution in [1.82, 2.24) is 29.2 Å². The van der Waals surface area contributed by atoms with Crippen molar-refractivity contribution in [2.24, 2.45) is 0 Å². The molecule has 2 N–H and O–H groups in total. The molecule has 0 bridgehead atoms. The number of carbonyl (C=O) groups is 1. The lowest BCUT2D eigenvalue weighted by Crippen LogP contribution is -2.65. The molecule has 1 amide bonds. The second kappa shape index (κ2) is 13.2. The zero-order valence-electron chi connectivity index (χ0n) is 27.8. The number of likely N-dealkylation sites (tertiary alicyclic amines) is 3. The number of anilines is 2. The molecule has 50 heavy (non-hydrogen) atoms. The van der Waals surface area contributed by atoms with Gasteiger partial charge in [0.15, 0.2) is 9.84 Å². The van der Waals surface area contributed by atoms with Crippen LogP contribution in [0.15, 0.2) is 52.3 Å². The van der Waals surface area contributed by atoms with Gasteiger partial charge in [-0.25, -0.2) is 13.4 Å². The molecule has 3 saturated heterocycles. The summed E-state index contributed by atoms with van der Waals surface area (Å²) in [5.41, 5.74) is -0.263. The summed E-state index contributed by atoms with van der Waals surface area (Å²) in [4.78, 5) is 39.1. The van der Waals surface area contributed by atoms with Gasteiger partial charge >= 0.3 is 12.1 Å². The van der Waals surface area contributed by atoms with Crippen molar-refractivity contribution in [3.63, 3.8) is 0 Å². The highest BCUT2D eigenvalue weighted by Crippen LogP contribution is 2.39. The Morgan fingerprint density at radius 1 is 0.940 bits per heavy atom. The largest absolute Gasteiger partial charge is 0.471 e. The lowest BCUT2D eigenvalue weighted by Gasteiger charge is -2.51. The molecule has 1 saturated carbocycles. The van der Waals surface area contributed by atoms with E-state index in [0.717, 1.165) is 24.4 Å².